The van der Waals surface area contributed by atoms with E-state index in [9.17, 15) is 4.79 Å². The highest BCUT2D eigenvalue weighted by Gasteiger charge is 2.15. The Morgan fingerprint density at radius 1 is 1.14 bits per heavy atom. The summed E-state index contributed by atoms with van der Waals surface area (Å²) in [5.41, 5.74) is 4.87. The molecule has 6 heteroatoms. The van der Waals surface area contributed by atoms with Crippen LogP contribution in [0.2, 0.25) is 0 Å². The number of benzene rings is 2. The fraction of sp³-hybridized carbons (Fsp3) is 0.273. The van der Waals surface area contributed by atoms with Gasteiger partial charge in [0, 0.05) is 19.7 Å². The molecular formula is C22H24BrN3O2. The van der Waals surface area contributed by atoms with Crippen LogP contribution in [0.25, 0.3) is 0 Å². The van der Waals surface area contributed by atoms with E-state index < -0.39 is 0 Å². The van der Waals surface area contributed by atoms with Gasteiger partial charge in [-0.05, 0) is 58.6 Å². The molecule has 0 N–H and O–H groups in total. The van der Waals surface area contributed by atoms with Gasteiger partial charge in [-0.1, -0.05) is 30.3 Å². The van der Waals surface area contributed by atoms with Gasteiger partial charge in [-0.2, -0.15) is 5.10 Å². The second-order valence-electron chi connectivity index (χ2n) is 6.93. The Hall–Kier alpha value is -2.60. The van der Waals surface area contributed by atoms with E-state index in [1.54, 1.807) is 22.8 Å². The van der Waals surface area contributed by atoms with E-state index >= 15 is 0 Å². The van der Waals surface area contributed by atoms with Gasteiger partial charge in [-0.25, -0.2) is 0 Å². The number of aromatic nitrogens is 2. The topological polar surface area (TPSA) is 47.4 Å². The third-order valence-corrected chi connectivity index (χ3v) is 5.40. The number of rotatable bonds is 6. The van der Waals surface area contributed by atoms with Crippen molar-refractivity contribution in [2.24, 2.45) is 7.05 Å². The van der Waals surface area contributed by atoms with Crippen LogP contribution in [0.3, 0.4) is 0 Å². The Balaban J connectivity index is 1.64. The van der Waals surface area contributed by atoms with Gasteiger partial charge in [0.15, 0.2) is 0 Å². The summed E-state index contributed by atoms with van der Waals surface area (Å²) >= 11 is 3.47. The molecule has 0 saturated heterocycles. The second kappa shape index (κ2) is 8.61. The molecule has 0 fully saturated rings. The molecule has 0 saturated carbocycles. The predicted molar refractivity (Wildman–Crippen MR) is 113 cm³/mol. The Bertz CT molecular complexity index is 940. The fourth-order valence-corrected chi connectivity index (χ4v) is 3.53. The molecule has 2 aromatic carbocycles. The van der Waals surface area contributed by atoms with Crippen molar-refractivity contribution < 1.29 is 9.53 Å². The first-order chi connectivity index (χ1) is 13.4. The quantitative estimate of drug-likeness (QED) is 0.559. The number of ether oxygens (including phenoxy) is 1. The molecule has 146 valence electrons. The molecule has 0 atom stereocenters. The smallest absolute Gasteiger partial charge is 0.253 e. The normalized spacial score (nSPS) is 10.8. The predicted octanol–water partition coefficient (Wildman–Crippen LogP) is 4.65. The maximum Gasteiger partial charge on any atom is 0.253 e. The van der Waals surface area contributed by atoms with Crippen molar-refractivity contribution in [3.05, 3.63) is 81.1 Å². The van der Waals surface area contributed by atoms with E-state index in [1.165, 1.54) is 0 Å². The summed E-state index contributed by atoms with van der Waals surface area (Å²) in [7, 11) is 3.66. The van der Waals surface area contributed by atoms with Crippen molar-refractivity contribution in [2.75, 3.05) is 7.05 Å². The fourth-order valence-electron chi connectivity index (χ4n) is 3.06. The average molecular weight is 442 g/mol. The van der Waals surface area contributed by atoms with Crippen molar-refractivity contribution in [1.29, 1.82) is 0 Å². The van der Waals surface area contributed by atoms with Gasteiger partial charge in [0.2, 0.25) is 0 Å². The first-order valence-electron chi connectivity index (χ1n) is 9.06. The summed E-state index contributed by atoms with van der Waals surface area (Å²) in [6.07, 6.45) is 1.73. The maximum atomic E-state index is 12.7. The number of carbonyl (C=O) groups is 1. The number of carbonyl (C=O) groups excluding carboxylic acids is 1. The Kier molecular flexibility index (Phi) is 6.19. The zero-order valence-corrected chi connectivity index (χ0v) is 18.2. The number of aryl methyl sites for hydroxylation is 3. The molecule has 0 spiro atoms. The molecule has 3 aromatic rings. The molecule has 0 aliphatic carbocycles. The molecule has 0 aliphatic heterocycles. The summed E-state index contributed by atoms with van der Waals surface area (Å²) < 4.78 is 8.65. The van der Waals surface area contributed by atoms with Crippen molar-refractivity contribution in [2.45, 2.75) is 27.0 Å². The van der Waals surface area contributed by atoms with Crippen LogP contribution >= 0.6 is 15.9 Å². The molecular weight excluding hydrogens is 418 g/mol. The largest absolute Gasteiger partial charge is 0.488 e. The van der Waals surface area contributed by atoms with E-state index in [4.69, 9.17) is 4.74 Å². The van der Waals surface area contributed by atoms with Crippen molar-refractivity contribution in [3.63, 3.8) is 0 Å². The molecule has 0 bridgehead atoms. The van der Waals surface area contributed by atoms with Gasteiger partial charge in [-0.15, -0.1) is 0 Å². The lowest BCUT2D eigenvalue weighted by molar-refractivity contribution is 0.0781. The first-order valence-corrected chi connectivity index (χ1v) is 9.86. The Morgan fingerprint density at radius 3 is 2.36 bits per heavy atom. The van der Waals surface area contributed by atoms with Crippen LogP contribution in [-0.4, -0.2) is 27.6 Å². The monoisotopic (exact) mass is 441 g/mol. The van der Waals surface area contributed by atoms with Gasteiger partial charge < -0.3 is 9.64 Å². The van der Waals surface area contributed by atoms with Crippen molar-refractivity contribution >= 4 is 21.8 Å². The zero-order valence-electron chi connectivity index (χ0n) is 16.6. The van der Waals surface area contributed by atoms with Crippen LogP contribution in [0, 0.1) is 13.8 Å². The van der Waals surface area contributed by atoms with Crippen LogP contribution in [0.1, 0.15) is 32.7 Å². The number of hydrogen-bond donors (Lipinski definition) is 0. The first kappa shape index (κ1) is 20.1. The lowest BCUT2D eigenvalue weighted by Gasteiger charge is -2.18. The number of para-hydroxylation sites is 1. The molecule has 3 rings (SSSR count). The molecule has 28 heavy (non-hydrogen) atoms. The highest BCUT2D eigenvalue weighted by Crippen LogP contribution is 2.23. The summed E-state index contributed by atoms with van der Waals surface area (Å²) in [5, 5.41) is 4.19. The molecule has 1 amide bonds. The summed E-state index contributed by atoms with van der Waals surface area (Å²) in [4.78, 5) is 14.4. The van der Waals surface area contributed by atoms with Crippen LogP contribution in [-0.2, 0) is 20.2 Å². The molecule has 0 aliphatic rings. The standard InChI is InChI=1S/C22H24BrN3O2/c1-15-6-5-7-16(2)21(15)28-14-17-8-10-18(11-9-17)22(27)25(3)13-20-19(23)12-24-26(20)4/h5-12H,13-14H2,1-4H3. The van der Waals surface area contributed by atoms with Crippen LogP contribution < -0.4 is 4.74 Å². The van der Waals surface area contributed by atoms with Gasteiger partial charge in [-0.3, -0.25) is 9.48 Å². The Labute approximate surface area is 174 Å². The van der Waals surface area contributed by atoms with Gasteiger partial charge in [0.05, 0.1) is 22.9 Å². The van der Waals surface area contributed by atoms with Gasteiger partial charge in [0.1, 0.15) is 12.4 Å². The highest BCUT2D eigenvalue weighted by atomic mass is 79.9. The van der Waals surface area contributed by atoms with Gasteiger partial charge in [0.25, 0.3) is 5.91 Å². The van der Waals surface area contributed by atoms with Crippen LogP contribution in [0.15, 0.2) is 53.1 Å². The minimum atomic E-state index is -0.0321. The van der Waals surface area contributed by atoms with E-state index in [0.29, 0.717) is 18.7 Å². The van der Waals surface area contributed by atoms with E-state index in [2.05, 4.69) is 21.0 Å². The number of nitrogens with zero attached hydrogens (tertiary/aromatic N) is 3. The average Bonchev–Trinajstić information content (AvgIpc) is 2.99. The third-order valence-electron chi connectivity index (χ3n) is 4.74. The second-order valence-corrected chi connectivity index (χ2v) is 7.78. The van der Waals surface area contributed by atoms with E-state index in [-0.39, 0.29) is 5.91 Å². The molecule has 0 radical (unpaired) electrons. The minimum absolute atomic E-state index is 0.0321. The highest BCUT2D eigenvalue weighted by molar-refractivity contribution is 9.10. The molecule has 1 heterocycles. The number of hydrogen-bond acceptors (Lipinski definition) is 3. The minimum Gasteiger partial charge on any atom is -0.488 e. The summed E-state index contributed by atoms with van der Waals surface area (Å²) in [6, 6.07) is 13.7. The van der Waals surface area contributed by atoms with E-state index in [1.807, 2.05) is 63.4 Å². The third kappa shape index (κ3) is 4.44. The summed E-state index contributed by atoms with van der Waals surface area (Å²) in [5.74, 6) is 0.888. The number of amides is 1. The summed E-state index contributed by atoms with van der Waals surface area (Å²) in [6.45, 7) is 5.03. The SMILES string of the molecule is Cc1cccc(C)c1OCc1ccc(C(=O)N(C)Cc2c(Br)cnn2C)cc1. The maximum absolute atomic E-state index is 12.7. The molecule has 5 nitrogen and oxygen atoms in total. The lowest BCUT2D eigenvalue weighted by Crippen LogP contribution is -2.27. The molecule has 0 unspecified atom stereocenters. The van der Waals surface area contributed by atoms with Crippen LogP contribution in [0.5, 0.6) is 5.75 Å². The zero-order chi connectivity index (χ0) is 20.3. The Morgan fingerprint density at radius 2 is 1.79 bits per heavy atom. The van der Waals surface area contributed by atoms with Gasteiger partial charge >= 0.3 is 0 Å². The van der Waals surface area contributed by atoms with Crippen molar-refractivity contribution in [1.82, 2.24) is 14.7 Å². The molecule has 1 aromatic heterocycles. The number of halogens is 1. The van der Waals surface area contributed by atoms with Crippen molar-refractivity contribution in [3.8, 4) is 5.75 Å². The lowest BCUT2D eigenvalue weighted by atomic mass is 10.1. The van der Waals surface area contributed by atoms with Crippen LogP contribution in [0.4, 0.5) is 0 Å². The van der Waals surface area contributed by atoms with E-state index in [0.717, 1.165) is 32.6 Å².